The minimum absolute atomic E-state index is 0.191. The molecule has 1 atom stereocenters. The van der Waals surface area contributed by atoms with Crippen molar-refractivity contribution in [2.75, 3.05) is 39.8 Å². The van der Waals surface area contributed by atoms with Crippen LogP contribution in [0.25, 0.3) is 0 Å². The van der Waals surface area contributed by atoms with Crippen LogP contribution in [0.5, 0.6) is 0 Å². The molecule has 2 fully saturated rings. The Morgan fingerprint density at radius 3 is 2.70 bits per heavy atom. The number of hydrogen-bond acceptors (Lipinski definition) is 4. The summed E-state index contributed by atoms with van der Waals surface area (Å²) in [5.41, 5.74) is 1.30. The molecule has 0 saturated carbocycles. The molecule has 1 aromatic rings. The van der Waals surface area contributed by atoms with E-state index in [1.807, 2.05) is 30.4 Å². The van der Waals surface area contributed by atoms with Gasteiger partial charge in [-0.1, -0.05) is 19.9 Å². The molecular formula is C22H36N4O. The summed E-state index contributed by atoms with van der Waals surface area (Å²) < 4.78 is 0. The van der Waals surface area contributed by atoms with Crippen LogP contribution in [0, 0.1) is 11.8 Å². The van der Waals surface area contributed by atoms with Crippen LogP contribution in [0.15, 0.2) is 24.5 Å². The maximum atomic E-state index is 12.8. The summed E-state index contributed by atoms with van der Waals surface area (Å²) in [6, 6.07) is 4.82. The Morgan fingerprint density at radius 1 is 1.26 bits per heavy atom. The summed E-state index contributed by atoms with van der Waals surface area (Å²) in [5.74, 6) is 1.07. The quantitative estimate of drug-likeness (QED) is 0.770. The van der Waals surface area contributed by atoms with Gasteiger partial charge >= 0.3 is 0 Å². The Kier molecular flexibility index (Phi) is 7.25. The first-order chi connectivity index (χ1) is 13.0. The highest BCUT2D eigenvalue weighted by molar-refractivity contribution is 5.78. The van der Waals surface area contributed by atoms with E-state index < -0.39 is 0 Å². The fraction of sp³-hybridized carbons (Fsp3) is 0.727. The number of hydrogen-bond donors (Lipinski definition) is 0. The molecule has 2 saturated heterocycles. The third-order valence-corrected chi connectivity index (χ3v) is 6.02. The lowest BCUT2D eigenvalue weighted by molar-refractivity contribution is -0.137. The molecule has 5 heteroatoms. The van der Waals surface area contributed by atoms with E-state index in [1.54, 1.807) is 0 Å². The summed E-state index contributed by atoms with van der Waals surface area (Å²) in [6.45, 7) is 10.6. The summed E-state index contributed by atoms with van der Waals surface area (Å²) in [7, 11) is 1.97. The number of carbonyl (C=O) groups is 1. The predicted molar refractivity (Wildman–Crippen MR) is 109 cm³/mol. The van der Waals surface area contributed by atoms with Crippen LogP contribution in [-0.2, 0) is 11.3 Å². The minimum Gasteiger partial charge on any atom is -0.345 e. The first-order valence-electron chi connectivity index (χ1n) is 10.6. The molecule has 0 aromatic carbocycles. The van der Waals surface area contributed by atoms with Gasteiger partial charge in [0.15, 0.2) is 0 Å². The normalized spacial score (nSPS) is 22.9. The average Bonchev–Trinajstić information content (AvgIpc) is 2.68. The number of pyridine rings is 1. The zero-order valence-electron chi connectivity index (χ0n) is 17.3. The maximum Gasteiger partial charge on any atom is 0.226 e. The molecule has 5 nitrogen and oxygen atoms in total. The number of aromatic nitrogens is 1. The van der Waals surface area contributed by atoms with E-state index in [-0.39, 0.29) is 5.92 Å². The lowest BCUT2D eigenvalue weighted by Gasteiger charge is -2.42. The highest BCUT2D eigenvalue weighted by Crippen LogP contribution is 2.25. The second-order valence-electron chi connectivity index (χ2n) is 8.82. The largest absolute Gasteiger partial charge is 0.345 e. The van der Waals surface area contributed by atoms with Gasteiger partial charge in [-0.2, -0.15) is 0 Å². The molecule has 0 N–H and O–H groups in total. The Balaban J connectivity index is 1.47. The molecule has 3 heterocycles. The van der Waals surface area contributed by atoms with Crippen LogP contribution >= 0.6 is 0 Å². The van der Waals surface area contributed by atoms with E-state index in [1.165, 1.54) is 18.4 Å². The van der Waals surface area contributed by atoms with Crippen LogP contribution in [0.1, 0.15) is 45.1 Å². The molecule has 0 unspecified atom stereocenters. The van der Waals surface area contributed by atoms with Crippen molar-refractivity contribution in [3.05, 3.63) is 30.1 Å². The Morgan fingerprint density at radius 2 is 2.04 bits per heavy atom. The van der Waals surface area contributed by atoms with Crippen LogP contribution in [0.4, 0.5) is 0 Å². The van der Waals surface area contributed by atoms with E-state index in [4.69, 9.17) is 0 Å². The van der Waals surface area contributed by atoms with Crippen molar-refractivity contribution in [3.8, 4) is 0 Å². The van der Waals surface area contributed by atoms with Crippen molar-refractivity contribution in [1.29, 1.82) is 0 Å². The molecule has 150 valence electrons. The minimum atomic E-state index is 0.191. The summed E-state index contributed by atoms with van der Waals surface area (Å²) in [4.78, 5) is 24.1. The molecule has 27 heavy (non-hydrogen) atoms. The van der Waals surface area contributed by atoms with Gasteiger partial charge in [0.05, 0.1) is 5.92 Å². The molecule has 0 spiro atoms. The van der Waals surface area contributed by atoms with Gasteiger partial charge in [0.2, 0.25) is 5.91 Å². The molecule has 0 radical (unpaired) electrons. The van der Waals surface area contributed by atoms with Crippen molar-refractivity contribution in [1.82, 2.24) is 19.7 Å². The molecular weight excluding hydrogens is 336 g/mol. The fourth-order valence-electron chi connectivity index (χ4n) is 4.68. The monoisotopic (exact) mass is 372 g/mol. The first-order valence-corrected chi connectivity index (χ1v) is 10.6. The highest BCUT2D eigenvalue weighted by atomic mass is 16.2. The van der Waals surface area contributed by atoms with Crippen molar-refractivity contribution in [2.45, 2.75) is 52.1 Å². The van der Waals surface area contributed by atoms with Gasteiger partial charge in [0.25, 0.3) is 0 Å². The van der Waals surface area contributed by atoms with E-state index in [2.05, 4.69) is 34.7 Å². The van der Waals surface area contributed by atoms with Gasteiger partial charge in [-0.15, -0.1) is 0 Å². The topological polar surface area (TPSA) is 39.7 Å². The van der Waals surface area contributed by atoms with Crippen LogP contribution in [0.3, 0.4) is 0 Å². The second-order valence-corrected chi connectivity index (χ2v) is 8.82. The van der Waals surface area contributed by atoms with Gasteiger partial charge in [0.1, 0.15) is 0 Å². The number of carbonyl (C=O) groups excluding carboxylic acids is 1. The third-order valence-electron chi connectivity index (χ3n) is 6.02. The predicted octanol–water partition coefficient (Wildman–Crippen LogP) is 2.87. The van der Waals surface area contributed by atoms with Crippen molar-refractivity contribution in [3.63, 3.8) is 0 Å². The summed E-state index contributed by atoms with van der Waals surface area (Å²) in [6.07, 6.45) is 8.44. The van der Waals surface area contributed by atoms with E-state index in [9.17, 15) is 4.79 Å². The zero-order chi connectivity index (χ0) is 19.2. The SMILES string of the molecule is CC(C)CN(C)C(=O)[C@H]1CCCN(C2CCN(Cc3cccnc3)CC2)C1. The number of amides is 1. The Hall–Kier alpha value is -1.46. The lowest BCUT2D eigenvalue weighted by Crippen LogP contribution is -2.51. The molecule has 1 aromatic heterocycles. The standard InChI is InChI=1S/C22H36N4O/c1-18(2)15-24(3)22(27)20-7-5-11-26(17-20)21-8-12-25(13-9-21)16-19-6-4-10-23-14-19/h4,6,10,14,18,20-21H,5,7-9,11-13,15-17H2,1-3H3/t20-/m0/s1. The molecule has 0 aliphatic carbocycles. The van der Waals surface area contributed by atoms with Gasteiger partial charge in [-0.3, -0.25) is 19.6 Å². The van der Waals surface area contributed by atoms with Crippen molar-refractivity contribution >= 4 is 5.91 Å². The third kappa shape index (κ3) is 5.76. The van der Waals surface area contributed by atoms with E-state index in [0.717, 1.165) is 52.1 Å². The highest BCUT2D eigenvalue weighted by Gasteiger charge is 2.32. The summed E-state index contributed by atoms with van der Waals surface area (Å²) in [5, 5.41) is 0. The van der Waals surface area contributed by atoms with Gasteiger partial charge in [-0.25, -0.2) is 0 Å². The smallest absolute Gasteiger partial charge is 0.226 e. The number of piperidine rings is 2. The van der Waals surface area contributed by atoms with Crippen LogP contribution < -0.4 is 0 Å². The number of nitrogens with zero attached hydrogens (tertiary/aromatic N) is 4. The number of likely N-dealkylation sites (tertiary alicyclic amines) is 2. The van der Waals surface area contributed by atoms with Gasteiger partial charge in [-0.05, 0) is 62.9 Å². The average molecular weight is 373 g/mol. The van der Waals surface area contributed by atoms with E-state index >= 15 is 0 Å². The fourth-order valence-corrected chi connectivity index (χ4v) is 4.68. The first kappa shape index (κ1) is 20.3. The number of rotatable bonds is 6. The van der Waals surface area contributed by atoms with Crippen molar-refractivity contribution in [2.24, 2.45) is 11.8 Å². The maximum absolute atomic E-state index is 12.8. The second kappa shape index (κ2) is 9.65. The zero-order valence-corrected chi connectivity index (χ0v) is 17.3. The van der Waals surface area contributed by atoms with Crippen molar-refractivity contribution < 1.29 is 4.79 Å². The Bertz CT molecular complexity index is 583. The van der Waals surface area contributed by atoms with Crippen LogP contribution in [-0.4, -0.2) is 71.4 Å². The molecule has 0 bridgehead atoms. The van der Waals surface area contributed by atoms with Gasteiger partial charge < -0.3 is 4.90 Å². The van der Waals surface area contributed by atoms with Gasteiger partial charge in [0, 0.05) is 45.1 Å². The molecule has 2 aliphatic heterocycles. The lowest BCUT2D eigenvalue weighted by atomic mass is 9.92. The molecule has 1 amide bonds. The molecule has 3 rings (SSSR count). The summed E-state index contributed by atoms with van der Waals surface area (Å²) >= 11 is 0. The van der Waals surface area contributed by atoms with Crippen LogP contribution in [0.2, 0.25) is 0 Å². The molecule has 2 aliphatic rings. The Labute approximate surface area is 164 Å². The van der Waals surface area contributed by atoms with E-state index in [0.29, 0.717) is 17.9 Å².